The minimum absolute atomic E-state index is 0.178. The van der Waals surface area contributed by atoms with Gasteiger partial charge in [0.05, 0.1) is 0 Å². The summed E-state index contributed by atoms with van der Waals surface area (Å²) in [6, 6.07) is 15.6. The van der Waals surface area contributed by atoms with Crippen LogP contribution in [0.4, 0.5) is 0 Å². The van der Waals surface area contributed by atoms with Crippen molar-refractivity contribution in [2.45, 2.75) is 52.4 Å². The summed E-state index contributed by atoms with van der Waals surface area (Å²) in [5.74, 6) is 0. The molecule has 26 heavy (non-hydrogen) atoms. The maximum absolute atomic E-state index is 4.33. The van der Waals surface area contributed by atoms with Crippen LogP contribution >= 0.6 is 0 Å². The van der Waals surface area contributed by atoms with E-state index in [1.54, 1.807) is 0 Å². The molecule has 0 unspecified atom stereocenters. The quantitative estimate of drug-likeness (QED) is 0.626. The summed E-state index contributed by atoms with van der Waals surface area (Å²) in [5.41, 5.74) is 7.96. The van der Waals surface area contributed by atoms with Crippen molar-refractivity contribution in [2.75, 3.05) is 0 Å². The van der Waals surface area contributed by atoms with Gasteiger partial charge in [-0.1, -0.05) is 87.5 Å². The van der Waals surface area contributed by atoms with E-state index >= 15 is 0 Å². The third-order valence-corrected chi connectivity index (χ3v) is 5.26. The topological polar surface area (TPSA) is 0 Å². The molecule has 0 saturated carbocycles. The summed E-state index contributed by atoms with van der Waals surface area (Å²) in [6.45, 7) is 17.6. The molecular formula is C26H30. The maximum atomic E-state index is 4.33. The standard InChI is InChI=1S/C26H30/c1-18(15-21-8-7-9-24(16-21)26(4,5)6)14-20(3)22-12-13-25-19(2)10-11-23(25)17-22/h7-9,11-13,16-17H,1,3,10,14-15H2,2,4-6H3. The van der Waals surface area contributed by atoms with E-state index in [4.69, 9.17) is 0 Å². The second-order valence-corrected chi connectivity index (χ2v) is 8.65. The fourth-order valence-corrected chi connectivity index (χ4v) is 3.62. The second kappa shape index (κ2) is 7.11. The van der Waals surface area contributed by atoms with Crippen molar-refractivity contribution >= 4 is 17.2 Å². The van der Waals surface area contributed by atoms with Gasteiger partial charge in [0.2, 0.25) is 0 Å². The first kappa shape index (κ1) is 18.5. The smallest absolute Gasteiger partial charge is 0.00664 e. The number of fused-ring (bicyclic) bond motifs is 1. The highest BCUT2D eigenvalue weighted by atomic mass is 14.2. The highest BCUT2D eigenvalue weighted by Gasteiger charge is 2.14. The molecule has 1 aliphatic carbocycles. The molecule has 0 radical (unpaired) electrons. The Labute approximate surface area is 158 Å². The molecule has 0 nitrogen and oxygen atoms in total. The molecule has 0 N–H and O–H groups in total. The largest absolute Gasteiger partial charge is 0.0992 e. The molecule has 0 atom stereocenters. The van der Waals surface area contributed by atoms with Crippen molar-refractivity contribution in [3.63, 3.8) is 0 Å². The molecule has 0 aliphatic heterocycles. The number of hydrogen-bond donors (Lipinski definition) is 0. The van der Waals surface area contributed by atoms with Crippen LogP contribution in [0.3, 0.4) is 0 Å². The second-order valence-electron chi connectivity index (χ2n) is 8.65. The Morgan fingerprint density at radius 3 is 2.54 bits per heavy atom. The van der Waals surface area contributed by atoms with Crippen molar-refractivity contribution in [2.24, 2.45) is 0 Å². The van der Waals surface area contributed by atoms with Gasteiger partial charge in [0, 0.05) is 0 Å². The molecule has 1 aliphatic rings. The molecule has 3 rings (SSSR count). The van der Waals surface area contributed by atoms with E-state index in [9.17, 15) is 0 Å². The van der Waals surface area contributed by atoms with Crippen molar-refractivity contribution < 1.29 is 0 Å². The van der Waals surface area contributed by atoms with E-state index in [1.807, 2.05) is 0 Å². The normalized spacial score (nSPS) is 13.3. The first-order valence-corrected chi connectivity index (χ1v) is 9.48. The Balaban J connectivity index is 1.70. The van der Waals surface area contributed by atoms with Crippen LogP contribution < -0.4 is 10.4 Å². The molecule has 0 heterocycles. The lowest BCUT2D eigenvalue weighted by Crippen LogP contribution is -2.22. The molecule has 0 heteroatoms. The van der Waals surface area contributed by atoms with Crippen LogP contribution in [0.5, 0.6) is 0 Å². The van der Waals surface area contributed by atoms with Gasteiger partial charge >= 0.3 is 0 Å². The first-order valence-electron chi connectivity index (χ1n) is 9.48. The van der Waals surface area contributed by atoms with Crippen LogP contribution in [0, 0.1) is 0 Å². The van der Waals surface area contributed by atoms with Gasteiger partial charge in [-0.25, -0.2) is 0 Å². The molecule has 2 aromatic carbocycles. The molecule has 0 bridgehead atoms. The summed E-state index contributed by atoms with van der Waals surface area (Å²) >= 11 is 0. The number of hydrogen-bond acceptors (Lipinski definition) is 0. The first-order chi connectivity index (χ1) is 12.2. The Hall–Kier alpha value is -2.34. The van der Waals surface area contributed by atoms with Gasteiger partial charge in [0.15, 0.2) is 0 Å². The Bertz CT molecular complexity index is 977. The minimum Gasteiger partial charge on any atom is -0.0992 e. The van der Waals surface area contributed by atoms with E-state index in [2.05, 4.69) is 89.4 Å². The van der Waals surface area contributed by atoms with Gasteiger partial charge in [-0.3, -0.25) is 0 Å². The summed E-state index contributed by atoms with van der Waals surface area (Å²) in [7, 11) is 0. The maximum Gasteiger partial charge on any atom is -0.00664 e. The molecule has 0 saturated heterocycles. The SMILES string of the molecule is C=C(CC(=C)c1ccc2c(c1)=CCC=2C)Cc1cccc(C(C)(C)C)c1. The number of allylic oxidation sites excluding steroid dienone is 2. The summed E-state index contributed by atoms with van der Waals surface area (Å²) in [4.78, 5) is 0. The molecule has 134 valence electrons. The molecule has 0 spiro atoms. The monoisotopic (exact) mass is 342 g/mol. The highest BCUT2D eigenvalue weighted by Crippen LogP contribution is 2.25. The van der Waals surface area contributed by atoms with Crippen LogP contribution in [-0.2, 0) is 11.8 Å². The lowest BCUT2D eigenvalue weighted by atomic mass is 9.85. The molecule has 0 fully saturated rings. The van der Waals surface area contributed by atoms with Crippen LogP contribution in [0.15, 0.2) is 61.2 Å². The molecule has 0 aromatic heterocycles. The molecular weight excluding hydrogens is 312 g/mol. The summed E-state index contributed by atoms with van der Waals surface area (Å²) < 4.78 is 0. The van der Waals surface area contributed by atoms with Gasteiger partial charge in [-0.2, -0.15) is 0 Å². The predicted octanol–water partition coefficient (Wildman–Crippen LogP) is 5.54. The molecule has 0 amide bonds. The van der Waals surface area contributed by atoms with Gasteiger partial charge in [-0.15, -0.1) is 0 Å². The van der Waals surface area contributed by atoms with E-state index in [0.717, 1.165) is 24.8 Å². The Kier molecular flexibility index (Phi) is 5.05. The van der Waals surface area contributed by atoms with E-state index in [-0.39, 0.29) is 5.41 Å². The lowest BCUT2D eigenvalue weighted by molar-refractivity contribution is 0.589. The number of rotatable bonds is 5. The van der Waals surface area contributed by atoms with Crippen LogP contribution in [0.25, 0.3) is 17.2 Å². The highest BCUT2D eigenvalue weighted by molar-refractivity contribution is 5.67. The van der Waals surface area contributed by atoms with E-state index < -0.39 is 0 Å². The van der Waals surface area contributed by atoms with Crippen molar-refractivity contribution in [1.82, 2.24) is 0 Å². The zero-order valence-corrected chi connectivity index (χ0v) is 16.7. The van der Waals surface area contributed by atoms with E-state index in [0.29, 0.717) is 0 Å². The van der Waals surface area contributed by atoms with Gasteiger partial charge in [0.25, 0.3) is 0 Å². The predicted molar refractivity (Wildman–Crippen MR) is 115 cm³/mol. The van der Waals surface area contributed by atoms with Crippen LogP contribution in [0.2, 0.25) is 0 Å². The van der Waals surface area contributed by atoms with Gasteiger partial charge in [0.1, 0.15) is 0 Å². The van der Waals surface area contributed by atoms with Crippen LogP contribution in [0.1, 0.15) is 57.2 Å². The number of benzene rings is 2. The van der Waals surface area contributed by atoms with Crippen molar-refractivity contribution in [1.29, 1.82) is 0 Å². The Morgan fingerprint density at radius 2 is 1.81 bits per heavy atom. The third-order valence-electron chi connectivity index (χ3n) is 5.26. The average molecular weight is 343 g/mol. The third kappa shape index (κ3) is 4.07. The van der Waals surface area contributed by atoms with E-state index in [1.165, 1.54) is 38.3 Å². The lowest BCUT2D eigenvalue weighted by Gasteiger charge is -2.20. The van der Waals surface area contributed by atoms with Gasteiger partial charge in [-0.05, 0) is 70.4 Å². The van der Waals surface area contributed by atoms with Crippen LogP contribution in [-0.4, -0.2) is 0 Å². The zero-order chi connectivity index (χ0) is 18.9. The van der Waals surface area contributed by atoms with Crippen molar-refractivity contribution in [3.05, 3.63) is 88.3 Å². The fraction of sp³-hybridized carbons (Fsp3) is 0.308. The zero-order valence-electron chi connectivity index (χ0n) is 16.7. The Morgan fingerprint density at radius 1 is 1.04 bits per heavy atom. The van der Waals surface area contributed by atoms with Crippen molar-refractivity contribution in [3.8, 4) is 0 Å². The minimum atomic E-state index is 0.178. The average Bonchev–Trinajstić information content (AvgIpc) is 2.95. The summed E-state index contributed by atoms with van der Waals surface area (Å²) in [5, 5.41) is 2.74. The fourth-order valence-electron chi connectivity index (χ4n) is 3.62. The van der Waals surface area contributed by atoms with Gasteiger partial charge < -0.3 is 0 Å². The summed E-state index contributed by atoms with van der Waals surface area (Å²) in [6.07, 6.45) is 5.14. The molecule has 2 aromatic rings.